The maximum Gasteiger partial charge on any atom is 0.164 e. The van der Waals surface area contributed by atoms with E-state index in [1.807, 2.05) is 12.1 Å². The SMILES string of the molecule is C1=CC2C(c3ccccc3N2c2cccc(-c3ccccc3)c2)c2c1oc1cc(-c3nc(-c4ccc(-c5ccccc5)cc4)nc(-c4cccc(-c5ccccc5)c4)n3)ccc21. The normalized spacial score (nSPS) is 15.0. The second-order valence-corrected chi connectivity index (χ2v) is 16.0. The molecule has 0 saturated heterocycles. The molecular formula is C57H38N4O. The van der Waals surface area contributed by atoms with Gasteiger partial charge in [-0.2, -0.15) is 0 Å². The summed E-state index contributed by atoms with van der Waals surface area (Å²) in [6.45, 7) is 0. The summed E-state index contributed by atoms with van der Waals surface area (Å²) in [6.07, 6.45) is 4.47. The van der Waals surface area contributed by atoms with Crippen molar-refractivity contribution in [1.82, 2.24) is 15.0 Å². The molecule has 8 aromatic carbocycles. The van der Waals surface area contributed by atoms with Crippen molar-refractivity contribution in [2.75, 3.05) is 4.90 Å². The fourth-order valence-electron chi connectivity index (χ4n) is 9.34. The van der Waals surface area contributed by atoms with E-state index < -0.39 is 0 Å². The number of aromatic nitrogens is 3. The lowest BCUT2D eigenvalue weighted by Gasteiger charge is -2.30. The Labute approximate surface area is 360 Å². The van der Waals surface area contributed by atoms with Crippen LogP contribution in [0.3, 0.4) is 0 Å². The topological polar surface area (TPSA) is 55.1 Å². The zero-order valence-electron chi connectivity index (χ0n) is 33.6. The maximum absolute atomic E-state index is 6.77. The molecule has 12 rings (SSSR count). The Hall–Kier alpha value is -8.15. The van der Waals surface area contributed by atoms with E-state index in [9.17, 15) is 0 Å². The van der Waals surface area contributed by atoms with Crippen LogP contribution in [-0.4, -0.2) is 21.0 Å². The Balaban J connectivity index is 0.950. The number of benzene rings is 8. The molecule has 62 heavy (non-hydrogen) atoms. The molecule has 2 aromatic heterocycles. The maximum atomic E-state index is 6.77. The first-order valence-corrected chi connectivity index (χ1v) is 21.1. The van der Waals surface area contributed by atoms with E-state index >= 15 is 0 Å². The number of fused-ring (bicyclic) bond motifs is 7. The van der Waals surface area contributed by atoms with Gasteiger partial charge in [0.15, 0.2) is 17.5 Å². The predicted octanol–water partition coefficient (Wildman–Crippen LogP) is 14.3. The molecule has 0 radical (unpaired) electrons. The smallest absolute Gasteiger partial charge is 0.164 e. The molecule has 0 bridgehead atoms. The Morgan fingerprint density at radius 1 is 0.403 bits per heavy atom. The van der Waals surface area contributed by atoms with Gasteiger partial charge in [-0.1, -0.05) is 182 Å². The highest BCUT2D eigenvalue weighted by Gasteiger charge is 2.43. The third-order valence-electron chi connectivity index (χ3n) is 12.3. The van der Waals surface area contributed by atoms with E-state index in [2.05, 4.69) is 211 Å². The summed E-state index contributed by atoms with van der Waals surface area (Å²) < 4.78 is 6.77. The summed E-state index contributed by atoms with van der Waals surface area (Å²) in [5.74, 6) is 2.78. The van der Waals surface area contributed by atoms with Crippen molar-refractivity contribution in [3.8, 4) is 67.5 Å². The molecule has 3 heterocycles. The molecule has 1 aliphatic heterocycles. The summed E-state index contributed by atoms with van der Waals surface area (Å²) in [5, 5.41) is 1.10. The molecule has 5 heteroatoms. The van der Waals surface area contributed by atoms with Crippen molar-refractivity contribution in [2.45, 2.75) is 12.0 Å². The van der Waals surface area contributed by atoms with E-state index in [4.69, 9.17) is 19.4 Å². The van der Waals surface area contributed by atoms with Gasteiger partial charge in [-0.15, -0.1) is 0 Å². The summed E-state index contributed by atoms with van der Waals surface area (Å²) >= 11 is 0. The van der Waals surface area contributed by atoms with Crippen LogP contribution in [0.2, 0.25) is 0 Å². The molecular weight excluding hydrogens is 757 g/mol. The highest BCUT2D eigenvalue weighted by Crippen LogP contribution is 2.54. The van der Waals surface area contributed by atoms with Crippen molar-refractivity contribution < 1.29 is 4.42 Å². The van der Waals surface area contributed by atoms with Crippen LogP contribution < -0.4 is 4.90 Å². The molecule has 0 N–H and O–H groups in total. The van der Waals surface area contributed by atoms with Crippen LogP contribution in [-0.2, 0) is 0 Å². The van der Waals surface area contributed by atoms with E-state index in [-0.39, 0.29) is 12.0 Å². The van der Waals surface area contributed by atoms with E-state index in [0.717, 1.165) is 55.7 Å². The molecule has 2 atom stereocenters. The summed E-state index contributed by atoms with van der Waals surface area (Å²) in [5.41, 5.74) is 15.3. The Morgan fingerprint density at radius 2 is 0.903 bits per heavy atom. The van der Waals surface area contributed by atoms with Crippen LogP contribution in [0.1, 0.15) is 22.8 Å². The minimum absolute atomic E-state index is 0.0833. The van der Waals surface area contributed by atoms with Crippen LogP contribution in [0.25, 0.3) is 84.6 Å². The fraction of sp³-hybridized carbons (Fsp3) is 0.0351. The van der Waals surface area contributed by atoms with Gasteiger partial charge in [0.2, 0.25) is 0 Å². The molecule has 2 unspecified atom stereocenters. The first-order valence-electron chi connectivity index (χ1n) is 21.1. The molecule has 10 aromatic rings. The lowest BCUT2D eigenvalue weighted by molar-refractivity contribution is 0.584. The summed E-state index contributed by atoms with van der Waals surface area (Å²) in [7, 11) is 0. The van der Waals surface area contributed by atoms with Crippen molar-refractivity contribution in [3.63, 3.8) is 0 Å². The standard InChI is InChI=1S/C57H38N4O/c1-4-14-37(15-5-1)40-26-28-41(29-27-40)55-58-56(44-22-12-20-42(34-44)38-16-6-2-7-17-38)60-57(59-55)45-30-31-48-52(36-45)62-51-33-32-50-53(54(48)51)47-24-10-11-25-49(47)61(50)46-23-13-21-43(35-46)39-18-8-3-9-19-39/h1-36,50,53H. The number of hydrogen-bond donors (Lipinski definition) is 0. The second kappa shape index (κ2) is 14.8. The minimum Gasteiger partial charge on any atom is -0.456 e. The molecule has 0 fully saturated rings. The largest absolute Gasteiger partial charge is 0.456 e. The van der Waals surface area contributed by atoms with Crippen LogP contribution >= 0.6 is 0 Å². The first kappa shape index (κ1) is 35.8. The molecule has 2 aliphatic rings. The Kier molecular flexibility index (Phi) is 8.56. The molecule has 0 spiro atoms. The first-order chi connectivity index (χ1) is 30.7. The van der Waals surface area contributed by atoms with Gasteiger partial charge in [0.1, 0.15) is 11.3 Å². The van der Waals surface area contributed by atoms with Crippen LogP contribution in [0.5, 0.6) is 0 Å². The number of anilines is 2. The number of furan rings is 1. The van der Waals surface area contributed by atoms with Crippen LogP contribution in [0.4, 0.5) is 11.4 Å². The highest BCUT2D eigenvalue weighted by atomic mass is 16.3. The van der Waals surface area contributed by atoms with Crippen molar-refractivity contribution in [1.29, 1.82) is 0 Å². The van der Waals surface area contributed by atoms with E-state index in [0.29, 0.717) is 17.5 Å². The van der Waals surface area contributed by atoms with Gasteiger partial charge in [0.05, 0.1) is 6.04 Å². The fourth-order valence-corrected chi connectivity index (χ4v) is 9.34. The molecule has 0 amide bonds. The third kappa shape index (κ3) is 6.22. The molecule has 1 aliphatic carbocycles. The van der Waals surface area contributed by atoms with Gasteiger partial charge >= 0.3 is 0 Å². The second-order valence-electron chi connectivity index (χ2n) is 16.0. The quantitative estimate of drug-likeness (QED) is 0.161. The predicted molar refractivity (Wildman–Crippen MR) is 252 cm³/mol. The van der Waals surface area contributed by atoms with E-state index in [1.165, 1.54) is 33.6 Å². The summed E-state index contributed by atoms with van der Waals surface area (Å²) in [6, 6.07) is 72.5. The van der Waals surface area contributed by atoms with E-state index in [1.54, 1.807) is 0 Å². The number of para-hydroxylation sites is 1. The highest BCUT2D eigenvalue weighted by molar-refractivity contribution is 5.92. The number of hydrogen-bond acceptors (Lipinski definition) is 5. The Morgan fingerprint density at radius 3 is 1.60 bits per heavy atom. The minimum atomic E-state index is 0.0833. The van der Waals surface area contributed by atoms with Gasteiger partial charge in [-0.05, 0) is 75.4 Å². The average Bonchev–Trinajstić information content (AvgIpc) is 3.90. The number of nitrogens with zero attached hydrogens (tertiary/aromatic N) is 4. The molecule has 0 saturated carbocycles. The van der Waals surface area contributed by atoms with Gasteiger partial charge < -0.3 is 9.32 Å². The molecule has 292 valence electrons. The summed E-state index contributed by atoms with van der Waals surface area (Å²) in [4.78, 5) is 17.9. The van der Waals surface area contributed by atoms with Gasteiger partial charge in [0, 0.05) is 44.9 Å². The van der Waals surface area contributed by atoms with Crippen molar-refractivity contribution >= 4 is 28.4 Å². The lowest BCUT2D eigenvalue weighted by Crippen LogP contribution is -2.30. The average molecular weight is 795 g/mol. The van der Waals surface area contributed by atoms with Crippen LogP contribution in [0.15, 0.2) is 217 Å². The zero-order chi connectivity index (χ0) is 41.0. The molecule has 5 nitrogen and oxygen atoms in total. The lowest BCUT2D eigenvalue weighted by atomic mass is 9.82. The van der Waals surface area contributed by atoms with Crippen molar-refractivity contribution in [3.05, 3.63) is 229 Å². The monoisotopic (exact) mass is 794 g/mol. The van der Waals surface area contributed by atoms with Gasteiger partial charge in [-0.3, -0.25) is 0 Å². The third-order valence-corrected chi connectivity index (χ3v) is 12.3. The van der Waals surface area contributed by atoms with Crippen molar-refractivity contribution in [2.24, 2.45) is 0 Å². The number of rotatable bonds is 7. The Bertz CT molecular complexity index is 3300. The van der Waals surface area contributed by atoms with Gasteiger partial charge in [-0.25, -0.2) is 15.0 Å². The zero-order valence-corrected chi connectivity index (χ0v) is 33.6. The van der Waals surface area contributed by atoms with Crippen LogP contribution in [0, 0.1) is 0 Å². The van der Waals surface area contributed by atoms with Gasteiger partial charge in [0.25, 0.3) is 0 Å².